The third kappa shape index (κ3) is 17.5. The first-order valence-corrected chi connectivity index (χ1v) is 36.8. The third-order valence-electron chi connectivity index (χ3n) is 18.6. The first-order chi connectivity index (χ1) is 59.3. The van der Waals surface area contributed by atoms with E-state index >= 15 is 0 Å². The molecule has 0 aliphatic heterocycles. The molecule has 0 amide bonds. The summed E-state index contributed by atoms with van der Waals surface area (Å²) in [5, 5.41) is 125. The molecule has 0 unspecified atom stereocenters. The number of thioether (sulfide) groups is 3. The molecule has 6 aliphatic rings. The molecule has 15 rings (SSSR count). The number of benzene rings is 3. The summed E-state index contributed by atoms with van der Waals surface area (Å²) < 4.78 is 226. The number of hydrogen-bond acceptors (Lipinski definition) is 30. The molecule has 3 aromatic carbocycles. The molecule has 0 radical (unpaired) electrons. The number of aliphatic hydroxyl groups is 9. The second kappa shape index (κ2) is 35.1. The number of rotatable bonds is 30. The number of halogens is 3. The van der Waals surface area contributed by atoms with E-state index in [0.29, 0.717) is 45.8 Å². The number of aryl methyl sites for hydroxylation is 3. The van der Waals surface area contributed by atoms with Crippen LogP contribution in [0.25, 0.3) is 33.5 Å². The van der Waals surface area contributed by atoms with Gasteiger partial charge in [0.25, 0.3) is 0 Å². The van der Waals surface area contributed by atoms with Crippen LogP contribution < -0.4 is 16.0 Å². The average molecular weight is 1580 g/mol. The van der Waals surface area contributed by atoms with Crippen LogP contribution in [-0.4, -0.2) is 250 Å². The van der Waals surface area contributed by atoms with Gasteiger partial charge < -0.3 is 76.1 Å². The van der Waals surface area contributed by atoms with E-state index in [9.17, 15) is 54.0 Å². The molecule has 582 valence electrons. The van der Waals surface area contributed by atoms with Crippen LogP contribution in [0.1, 0.15) is 175 Å². The summed E-state index contributed by atoms with van der Waals surface area (Å²) in [6.45, 7) is -1.30. The summed E-state index contributed by atoms with van der Waals surface area (Å²) in [5.41, 5.74) is -3.97. The van der Waals surface area contributed by atoms with Crippen molar-refractivity contribution < 1.29 is 101 Å². The van der Waals surface area contributed by atoms with Crippen molar-refractivity contribution in [3.8, 4) is 0 Å². The Kier molecular flexibility index (Phi) is 18.5. The van der Waals surface area contributed by atoms with Crippen LogP contribution in [0.5, 0.6) is 0 Å². The Bertz CT molecular complexity index is 5650. The van der Waals surface area contributed by atoms with Crippen LogP contribution in [0.4, 0.5) is 30.6 Å². The monoisotopic (exact) mass is 1570 g/mol. The van der Waals surface area contributed by atoms with Crippen molar-refractivity contribution >= 4 is 86.2 Å². The molecule has 18 atom stereocenters. The normalized spacial score (nSPS) is 35.4. The molecule has 6 saturated carbocycles. The first kappa shape index (κ1) is 57.0. The van der Waals surface area contributed by atoms with E-state index in [0.717, 1.165) is 23.4 Å². The van der Waals surface area contributed by atoms with Crippen LogP contribution in [0.15, 0.2) is 70.1 Å². The van der Waals surface area contributed by atoms with Crippen LogP contribution in [0.2, 0.25) is 0 Å². The lowest BCUT2D eigenvalue weighted by Gasteiger charge is -2.17. The molecule has 6 aromatic heterocycles. The summed E-state index contributed by atoms with van der Waals surface area (Å²) in [4.78, 5) is 26.2. The Morgan fingerprint density at radius 1 is 0.463 bits per heavy atom. The van der Waals surface area contributed by atoms with E-state index in [4.69, 9.17) is 46.7 Å². The molecule has 0 bridgehead atoms. The van der Waals surface area contributed by atoms with Gasteiger partial charge in [-0.2, -0.15) is 0 Å². The van der Waals surface area contributed by atoms with Crippen LogP contribution in [0.3, 0.4) is 0 Å². The van der Waals surface area contributed by atoms with Gasteiger partial charge in [-0.25, -0.2) is 57.1 Å². The molecule has 30 nitrogen and oxygen atoms in total. The van der Waals surface area contributed by atoms with Gasteiger partial charge in [-0.15, -0.1) is 15.3 Å². The number of aliphatic hydroxyl groups excluding tert-OH is 8. The number of nitrogens with zero attached hydrogens (tertiary/aromatic N) is 15. The molecule has 0 saturated heterocycles. The number of fused-ring (bicyclic) bond motifs is 3. The van der Waals surface area contributed by atoms with E-state index in [-0.39, 0.29) is 142 Å². The Morgan fingerprint density at radius 3 is 1.12 bits per heavy atom. The minimum absolute atomic E-state index is 0.00253. The molecule has 36 heteroatoms. The molecule has 0 spiro atoms. The largest absolute Gasteiger partial charge is 0.394 e. The van der Waals surface area contributed by atoms with Gasteiger partial charge >= 0.3 is 0 Å². The maximum atomic E-state index is 14.3. The summed E-state index contributed by atoms with van der Waals surface area (Å²) >= 11 is 1.80. The Labute approximate surface area is 661 Å². The standard InChI is InChI=1S/3C24H31FN6O4S/c3*1-3-8-36-24-27-22(26-16-10-14(16)13-5-4-12(2)15(25)9-13)19-23(28-24)31(30-29-19)17-11-18(35-7-6-32)21(34)20(17)33/h3*4-5,9,14,16-18,20-21,32-34H,3,6-8,10-11H2,1-2H3,(H,26,27,28)/t3*14-,16+,17+,18-,20-,21+/m000/s1/i6D2,7D2,8D2,14D,16D;7D2,8D2,14D,16D;3D2,8D2,14D,16D. The average Bonchev–Trinajstić information content (AvgIpc) is 1.54. The van der Waals surface area contributed by atoms with Gasteiger partial charge in [0.15, 0.2) is 66.4 Å². The highest BCUT2D eigenvalue weighted by atomic mass is 32.2. The van der Waals surface area contributed by atoms with E-state index in [1.54, 1.807) is 58.9 Å². The second-order valence-corrected chi connectivity index (χ2v) is 28.3. The number of nitrogens with one attached hydrogen (secondary N) is 3. The zero-order valence-electron chi connectivity index (χ0n) is 78.7. The molecule has 9 aromatic rings. The minimum Gasteiger partial charge on any atom is -0.394 e. The molecular formula is C72H93F3N18O12S3. The first-order valence-electron chi connectivity index (χ1n) is 44.4. The van der Waals surface area contributed by atoms with Gasteiger partial charge in [0.1, 0.15) is 54.1 Å². The maximum Gasteiger partial charge on any atom is 0.191 e. The smallest absolute Gasteiger partial charge is 0.191 e. The maximum absolute atomic E-state index is 14.3. The van der Waals surface area contributed by atoms with Gasteiger partial charge in [0.2, 0.25) is 0 Å². The van der Waals surface area contributed by atoms with Gasteiger partial charge in [0, 0.05) is 87.2 Å². The number of anilines is 3. The Hall–Kier alpha value is -7.14. The fraction of sp³-hybridized carbons (Fsp3) is 0.583. The van der Waals surface area contributed by atoms with Gasteiger partial charge in [-0.05, 0) is 111 Å². The van der Waals surface area contributed by atoms with Crippen molar-refractivity contribution in [3.05, 3.63) is 105 Å². The molecular weight excluding hydrogens is 1460 g/mol. The van der Waals surface area contributed by atoms with Crippen LogP contribution >= 0.6 is 35.3 Å². The van der Waals surface area contributed by atoms with E-state index in [1.807, 2.05) is 0 Å². The van der Waals surface area contributed by atoms with E-state index in [1.165, 1.54) is 39.7 Å². The lowest BCUT2D eigenvalue weighted by atomic mass is 10.1. The third-order valence-corrected chi connectivity index (χ3v) is 20.9. The Balaban J connectivity index is 0.000000164. The molecule has 108 heavy (non-hydrogen) atoms. The lowest BCUT2D eigenvalue weighted by molar-refractivity contribution is -0.0629. The highest BCUT2D eigenvalue weighted by molar-refractivity contribution is 7.99. The molecule has 12 N–H and O–H groups in total. The highest BCUT2D eigenvalue weighted by Crippen LogP contribution is 2.48. The van der Waals surface area contributed by atoms with Crippen LogP contribution in [0, 0.1) is 38.2 Å². The van der Waals surface area contributed by atoms with Crippen molar-refractivity contribution in [3.63, 3.8) is 0 Å². The number of hydrogen-bond donors (Lipinski definition) is 12. The van der Waals surface area contributed by atoms with Gasteiger partial charge in [0.05, 0.1) is 88.3 Å². The summed E-state index contributed by atoms with van der Waals surface area (Å²) in [7, 11) is 0. The van der Waals surface area contributed by atoms with Crippen molar-refractivity contribution in [2.75, 3.05) is 72.6 Å². The van der Waals surface area contributed by atoms with Crippen LogP contribution in [-0.2, 0) is 14.2 Å². The lowest BCUT2D eigenvalue weighted by Crippen LogP contribution is -2.33. The summed E-state index contributed by atoms with van der Waals surface area (Å²) in [6, 6.07) is 4.94. The predicted molar refractivity (Wildman–Crippen MR) is 398 cm³/mol. The van der Waals surface area contributed by atoms with Crippen molar-refractivity contribution in [1.29, 1.82) is 0 Å². The zero-order valence-corrected chi connectivity index (χ0v) is 61.2. The molecule has 6 heterocycles. The van der Waals surface area contributed by atoms with Crippen molar-refractivity contribution in [2.45, 2.75) is 224 Å². The highest BCUT2D eigenvalue weighted by Gasteiger charge is 2.49. The molecule has 6 fully saturated rings. The fourth-order valence-corrected chi connectivity index (χ4v) is 14.3. The van der Waals surface area contributed by atoms with Gasteiger partial charge in [-0.3, -0.25) is 0 Å². The zero-order chi connectivity index (χ0) is 94.3. The topological polar surface area (TPSA) is 415 Å². The molecule has 6 aliphatic carbocycles. The fourth-order valence-electron chi connectivity index (χ4n) is 12.7. The predicted octanol–water partition coefficient (Wildman–Crippen LogP) is 6.55. The van der Waals surface area contributed by atoms with E-state index in [2.05, 4.69) is 76.8 Å². The van der Waals surface area contributed by atoms with Gasteiger partial charge in [-0.1, -0.05) is 108 Å². The van der Waals surface area contributed by atoms with Crippen molar-refractivity contribution in [2.24, 2.45) is 0 Å². The van der Waals surface area contributed by atoms with Crippen molar-refractivity contribution in [1.82, 2.24) is 74.9 Å². The quantitative estimate of drug-likeness (QED) is 0.0168. The summed E-state index contributed by atoms with van der Waals surface area (Å²) in [5.74, 6) is -6.33. The minimum atomic E-state index is -3.42. The van der Waals surface area contributed by atoms with E-state index < -0.39 is 176 Å². The SMILES string of the molecule is [2H]C([2H])(C)C([2H])([2H])Sc1nc(N[C@]2([2H])C[C@@]2([2H])c2ccc(C)c(F)c2)c2nnn([C@@H]3C[C@H](OCCO)[C@@H](O)[C@H]3O)c2n1.[2H]C([2H])(CC)Sc1nc(N[C@]2([2H])C[C@@]2([2H])c2ccc(C)c(F)c2)c2nnn([C@@H]3C[C@H](OC([2H])([2H])C([2H])([2H])O)[C@@H](O)[C@H]3O)c2n1.[2H]C([2H])(CO)O[C@H]1C[C@@H](n2nnc3c(N[C@]4([2H])C[C@@]4([2H])c4ccc(C)c(F)c4)nc(SC([2H])([2H])CC)nc32)[C@H](O)[C@@H]1O. The number of ether oxygens (including phenoxy) is 3. The second-order valence-electron chi connectivity index (χ2n) is 25.8. The Morgan fingerprint density at radius 2 is 0.806 bits per heavy atom. The number of aromatic nitrogens is 15. The summed E-state index contributed by atoms with van der Waals surface area (Å²) in [6.07, 6.45) is -15.1.